The predicted octanol–water partition coefficient (Wildman–Crippen LogP) is 4.95. The molecular formula is C29H32BrNO8. The molecule has 0 amide bonds. The molecule has 0 fully saturated rings. The summed E-state index contributed by atoms with van der Waals surface area (Å²) in [5.74, 6) is -0.878. The van der Waals surface area contributed by atoms with Gasteiger partial charge in [-0.1, -0.05) is 6.07 Å². The van der Waals surface area contributed by atoms with Crippen molar-refractivity contribution in [2.45, 2.75) is 31.6 Å². The first-order valence-corrected chi connectivity index (χ1v) is 13.3. The van der Waals surface area contributed by atoms with E-state index >= 15 is 0 Å². The van der Waals surface area contributed by atoms with E-state index in [0.29, 0.717) is 44.9 Å². The third-order valence-corrected chi connectivity index (χ3v) is 7.79. The van der Waals surface area contributed by atoms with Crippen molar-refractivity contribution in [3.8, 4) is 23.0 Å². The SMILES string of the molecule is COCCOC(=O)C1C(C)=NC2=C(C(=O)C[C@H](c3ccc(OC)c(OC)c3)C2)[C@H]1c1cc(Br)c(O)c(OC)c1. The van der Waals surface area contributed by atoms with Crippen LogP contribution >= 0.6 is 15.9 Å². The van der Waals surface area contributed by atoms with Gasteiger partial charge in [0.15, 0.2) is 28.8 Å². The second-order valence-corrected chi connectivity index (χ2v) is 10.3. The number of allylic oxidation sites excluding steroid dienone is 2. The Morgan fingerprint density at radius 2 is 1.67 bits per heavy atom. The zero-order valence-electron chi connectivity index (χ0n) is 22.6. The lowest BCUT2D eigenvalue weighted by atomic mass is 9.69. The Morgan fingerprint density at radius 1 is 0.974 bits per heavy atom. The van der Waals surface area contributed by atoms with Crippen LogP contribution in [0, 0.1) is 5.92 Å². The molecule has 9 nitrogen and oxygen atoms in total. The normalized spacial score (nSPS) is 20.7. The molecule has 1 heterocycles. The summed E-state index contributed by atoms with van der Waals surface area (Å²) in [5, 5.41) is 10.4. The van der Waals surface area contributed by atoms with Gasteiger partial charge in [-0.2, -0.15) is 0 Å². The molecule has 1 unspecified atom stereocenters. The molecule has 1 aliphatic heterocycles. The molecule has 0 saturated heterocycles. The second-order valence-electron chi connectivity index (χ2n) is 9.43. The highest BCUT2D eigenvalue weighted by Gasteiger charge is 2.45. The second kappa shape index (κ2) is 12.2. The molecule has 4 rings (SSSR count). The fourth-order valence-electron chi connectivity index (χ4n) is 5.31. The van der Waals surface area contributed by atoms with Gasteiger partial charge >= 0.3 is 5.97 Å². The van der Waals surface area contributed by atoms with Gasteiger partial charge in [0.05, 0.1) is 32.4 Å². The van der Waals surface area contributed by atoms with Gasteiger partial charge in [-0.15, -0.1) is 0 Å². The molecule has 208 valence electrons. The lowest BCUT2D eigenvalue weighted by Crippen LogP contribution is -2.38. The summed E-state index contributed by atoms with van der Waals surface area (Å²) in [4.78, 5) is 32.0. The van der Waals surface area contributed by atoms with Crippen molar-refractivity contribution < 1.29 is 38.4 Å². The summed E-state index contributed by atoms with van der Waals surface area (Å²) >= 11 is 3.38. The van der Waals surface area contributed by atoms with Crippen LogP contribution in [-0.2, 0) is 19.1 Å². The summed E-state index contributed by atoms with van der Waals surface area (Å²) in [7, 11) is 6.12. The summed E-state index contributed by atoms with van der Waals surface area (Å²) in [6.45, 7) is 2.10. The highest BCUT2D eigenvalue weighted by Crippen LogP contribution is 2.49. The lowest BCUT2D eigenvalue weighted by molar-refractivity contribution is -0.147. The third kappa shape index (κ3) is 5.67. The van der Waals surface area contributed by atoms with Gasteiger partial charge in [0.2, 0.25) is 0 Å². The van der Waals surface area contributed by atoms with Crippen molar-refractivity contribution in [2.24, 2.45) is 10.9 Å². The molecule has 1 N–H and O–H groups in total. The number of aliphatic imine (C=N–C) groups is 1. The molecule has 0 bridgehead atoms. The average Bonchev–Trinajstić information content (AvgIpc) is 2.93. The molecule has 0 spiro atoms. The summed E-state index contributed by atoms with van der Waals surface area (Å²) in [5.41, 5.74) is 3.23. The number of rotatable bonds is 9. The number of phenolic OH excluding ortho intramolecular Hbond substituents is 1. The zero-order chi connectivity index (χ0) is 28.3. The Morgan fingerprint density at radius 3 is 2.33 bits per heavy atom. The molecular weight excluding hydrogens is 570 g/mol. The van der Waals surface area contributed by atoms with Crippen molar-refractivity contribution >= 4 is 33.4 Å². The minimum absolute atomic E-state index is 0.0700. The summed E-state index contributed by atoms with van der Waals surface area (Å²) in [6.07, 6.45) is 0.743. The number of hydrogen-bond acceptors (Lipinski definition) is 9. The van der Waals surface area contributed by atoms with Crippen LogP contribution in [0.5, 0.6) is 23.0 Å². The van der Waals surface area contributed by atoms with Gasteiger partial charge < -0.3 is 28.8 Å². The molecule has 0 saturated carbocycles. The van der Waals surface area contributed by atoms with Gasteiger partial charge in [0.1, 0.15) is 12.5 Å². The van der Waals surface area contributed by atoms with Gasteiger partial charge in [0.25, 0.3) is 0 Å². The summed E-state index contributed by atoms with van der Waals surface area (Å²) in [6, 6.07) is 9.00. The Balaban J connectivity index is 1.80. The van der Waals surface area contributed by atoms with Crippen LogP contribution in [0.4, 0.5) is 0 Å². The van der Waals surface area contributed by atoms with Crippen molar-refractivity contribution in [2.75, 3.05) is 41.7 Å². The molecule has 10 heteroatoms. The number of ether oxygens (including phenoxy) is 5. The van der Waals surface area contributed by atoms with Crippen LogP contribution in [0.3, 0.4) is 0 Å². The van der Waals surface area contributed by atoms with Crippen LogP contribution in [0.25, 0.3) is 0 Å². The molecule has 2 aromatic carbocycles. The van der Waals surface area contributed by atoms with E-state index < -0.39 is 17.8 Å². The lowest BCUT2D eigenvalue weighted by Gasteiger charge is -2.36. The zero-order valence-corrected chi connectivity index (χ0v) is 24.2. The van der Waals surface area contributed by atoms with Crippen molar-refractivity contribution in [1.29, 1.82) is 0 Å². The summed E-state index contributed by atoms with van der Waals surface area (Å²) < 4.78 is 27.1. The average molecular weight is 602 g/mol. The van der Waals surface area contributed by atoms with Crippen molar-refractivity contribution in [3.05, 3.63) is 57.2 Å². The van der Waals surface area contributed by atoms with Gasteiger partial charge in [-0.05, 0) is 70.6 Å². The number of carbonyl (C=O) groups is 2. The van der Waals surface area contributed by atoms with Crippen LogP contribution in [0.15, 0.2) is 51.1 Å². The Bertz CT molecular complexity index is 1330. The first kappa shape index (κ1) is 28.6. The Kier molecular flexibility index (Phi) is 8.97. The Labute approximate surface area is 235 Å². The predicted molar refractivity (Wildman–Crippen MR) is 148 cm³/mol. The van der Waals surface area contributed by atoms with Crippen LogP contribution in [0.2, 0.25) is 0 Å². The molecule has 2 aliphatic rings. The van der Waals surface area contributed by atoms with Gasteiger partial charge in [-0.3, -0.25) is 14.6 Å². The van der Waals surface area contributed by atoms with Gasteiger partial charge in [-0.25, -0.2) is 0 Å². The van der Waals surface area contributed by atoms with E-state index in [1.54, 1.807) is 33.3 Å². The number of esters is 1. The number of benzene rings is 2. The highest BCUT2D eigenvalue weighted by molar-refractivity contribution is 9.10. The van der Waals surface area contributed by atoms with E-state index in [4.69, 9.17) is 28.7 Å². The number of halogens is 1. The minimum Gasteiger partial charge on any atom is -0.503 e. The number of ketones is 1. The maximum atomic E-state index is 13.9. The third-order valence-electron chi connectivity index (χ3n) is 7.18. The molecule has 0 aromatic heterocycles. The fourth-order valence-corrected chi connectivity index (χ4v) is 5.77. The number of carbonyl (C=O) groups excluding carboxylic acids is 2. The van der Waals surface area contributed by atoms with E-state index in [2.05, 4.69) is 15.9 Å². The van der Waals surface area contributed by atoms with E-state index in [-0.39, 0.29) is 42.8 Å². The topological polar surface area (TPSA) is 113 Å². The quantitative estimate of drug-likeness (QED) is 0.317. The van der Waals surface area contributed by atoms with Gasteiger partial charge in [0, 0.05) is 36.4 Å². The smallest absolute Gasteiger partial charge is 0.315 e. The standard InChI is InChI=1S/C29H32BrNO8/c1-15-25(29(34)39-9-8-35-2)26(18-10-19(30)28(33)24(14-18)38-5)27-20(31-15)11-17(12-21(27)32)16-6-7-22(36-3)23(13-16)37-4/h6-7,10,13-14,17,25-26,33H,8-9,11-12H2,1-5H3/t17-,25?,26+/m1/s1. The van der Waals surface area contributed by atoms with Crippen LogP contribution in [-0.4, -0.2) is 64.2 Å². The van der Waals surface area contributed by atoms with E-state index in [1.165, 1.54) is 14.2 Å². The first-order valence-electron chi connectivity index (χ1n) is 12.5. The van der Waals surface area contributed by atoms with Crippen LogP contribution < -0.4 is 14.2 Å². The highest BCUT2D eigenvalue weighted by atomic mass is 79.9. The maximum Gasteiger partial charge on any atom is 0.315 e. The number of methoxy groups -OCH3 is 4. The number of phenols is 1. The van der Waals surface area contributed by atoms with E-state index in [1.807, 2.05) is 18.2 Å². The van der Waals surface area contributed by atoms with Crippen molar-refractivity contribution in [3.63, 3.8) is 0 Å². The number of hydrogen-bond donors (Lipinski definition) is 1. The molecule has 1 aliphatic carbocycles. The molecule has 0 radical (unpaired) electrons. The molecule has 3 atom stereocenters. The molecule has 2 aromatic rings. The first-order chi connectivity index (χ1) is 18.7. The minimum atomic E-state index is -0.830. The fraction of sp³-hybridized carbons (Fsp3) is 0.414. The van der Waals surface area contributed by atoms with Crippen molar-refractivity contribution in [1.82, 2.24) is 0 Å². The van der Waals surface area contributed by atoms with E-state index in [0.717, 1.165) is 5.56 Å². The van der Waals surface area contributed by atoms with E-state index in [9.17, 15) is 14.7 Å². The maximum absolute atomic E-state index is 13.9. The Hall–Kier alpha value is -3.37. The number of nitrogens with zero attached hydrogens (tertiary/aromatic N) is 1. The van der Waals surface area contributed by atoms with Crippen LogP contribution in [0.1, 0.15) is 42.7 Å². The number of aromatic hydroxyl groups is 1. The number of Topliss-reactive ketones (excluding diaryl/α,β-unsaturated/α-hetero) is 1. The monoisotopic (exact) mass is 601 g/mol. The largest absolute Gasteiger partial charge is 0.503 e. The molecule has 39 heavy (non-hydrogen) atoms.